The van der Waals surface area contributed by atoms with Gasteiger partial charge >= 0.3 is 215 Å². The van der Waals surface area contributed by atoms with E-state index in [1.807, 2.05) is 0 Å². The number of benzene rings is 3. The summed E-state index contributed by atoms with van der Waals surface area (Å²) < 4.78 is 5.12. The van der Waals surface area contributed by atoms with Crippen LogP contribution in [-0.4, -0.2) is 3.21 Å². The van der Waals surface area contributed by atoms with E-state index in [0.29, 0.717) is 5.92 Å². The van der Waals surface area contributed by atoms with Gasteiger partial charge < -0.3 is 24.8 Å². The number of rotatable bonds is 5. The molecule has 0 amide bonds. The molecule has 0 saturated carbocycles. The van der Waals surface area contributed by atoms with Crippen LogP contribution in [0.25, 0.3) is 11.1 Å². The smallest absolute Gasteiger partial charge is 1.00 e. The van der Waals surface area contributed by atoms with E-state index in [2.05, 4.69) is 120 Å². The van der Waals surface area contributed by atoms with Crippen molar-refractivity contribution in [1.29, 1.82) is 0 Å². The summed E-state index contributed by atoms with van der Waals surface area (Å²) in [5.41, 5.74) is 9.18. The zero-order chi connectivity index (χ0) is 23.9. The van der Waals surface area contributed by atoms with Crippen LogP contribution >= 0.6 is 0 Å². The van der Waals surface area contributed by atoms with Gasteiger partial charge in [0.05, 0.1) is 0 Å². The van der Waals surface area contributed by atoms with Gasteiger partial charge in [-0.05, 0) is 0 Å². The molecule has 3 heteroatoms. The predicted octanol–water partition coefficient (Wildman–Crippen LogP) is 2.04. The first-order valence-corrected chi connectivity index (χ1v) is 16.5. The third kappa shape index (κ3) is 5.50. The van der Waals surface area contributed by atoms with Crippen molar-refractivity contribution in [3.8, 4) is 11.1 Å². The third-order valence-corrected chi connectivity index (χ3v) is 15.3. The monoisotopic (exact) mass is 592 g/mol. The molecule has 5 rings (SSSR count). The number of allylic oxidation sites excluding steroid dienone is 4. The molecule has 1 unspecified atom stereocenters. The quantitative estimate of drug-likeness (QED) is 0.332. The number of halogens is 2. The van der Waals surface area contributed by atoms with Gasteiger partial charge in [-0.15, -0.1) is 0 Å². The second kappa shape index (κ2) is 11.9. The zero-order valence-electron chi connectivity index (χ0n) is 22.0. The minimum atomic E-state index is -2.41. The molecule has 0 radical (unpaired) electrons. The summed E-state index contributed by atoms with van der Waals surface area (Å²) in [6, 6.07) is 27.4. The van der Waals surface area contributed by atoms with Crippen molar-refractivity contribution in [3.63, 3.8) is 0 Å². The summed E-state index contributed by atoms with van der Waals surface area (Å²) in [6.45, 7) is 11.9. The molecule has 0 N–H and O–H groups in total. The van der Waals surface area contributed by atoms with Gasteiger partial charge in [0.1, 0.15) is 0 Å². The molecular weight excluding hydrogens is 558 g/mol. The van der Waals surface area contributed by atoms with Crippen molar-refractivity contribution in [3.05, 3.63) is 110 Å². The standard InChI is InChI=1S/C13H9.C12H19.C8H8.2ClH.Zr/c1-3-7-12-10(5-1)9-11-6-2-4-8-13(11)12;1-5-6-10-7-8-11(9-10)12(2,3)4;1-2-8-6-4-3-5-7-8;;;/h1-5,7-8H,9H2;8-10H,5-6H2,1-4H3;3-7H,1H3;2*1H;/q;;;;;+2/p-2. The maximum absolute atomic E-state index is 2.64. The first-order chi connectivity index (χ1) is 16.4. The van der Waals surface area contributed by atoms with E-state index in [1.165, 1.54) is 40.7 Å². The molecule has 0 fully saturated rings. The minimum Gasteiger partial charge on any atom is -1.00 e. The Morgan fingerprint density at radius 3 is 2.22 bits per heavy atom. The van der Waals surface area contributed by atoms with Crippen LogP contribution in [-0.2, 0) is 27.7 Å². The van der Waals surface area contributed by atoms with E-state index in [9.17, 15) is 0 Å². The summed E-state index contributed by atoms with van der Waals surface area (Å²) in [6.07, 6.45) is 8.83. The number of fused-ring (bicyclic) bond motifs is 3. The summed E-state index contributed by atoms with van der Waals surface area (Å²) in [4.78, 5) is 0. The Morgan fingerprint density at radius 2 is 1.53 bits per heavy atom. The molecule has 0 spiro atoms. The Balaban J connectivity index is 0.00000180. The van der Waals surface area contributed by atoms with Crippen LogP contribution in [0.4, 0.5) is 0 Å². The van der Waals surface area contributed by atoms with Crippen molar-refractivity contribution in [2.24, 2.45) is 11.3 Å². The van der Waals surface area contributed by atoms with Gasteiger partial charge in [-0.3, -0.25) is 0 Å². The molecule has 0 aliphatic heterocycles. The van der Waals surface area contributed by atoms with Gasteiger partial charge in [0.15, 0.2) is 0 Å². The van der Waals surface area contributed by atoms with Crippen molar-refractivity contribution >= 4 is 6.48 Å². The Bertz CT molecular complexity index is 1320. The largest absolute Gasteiger partial charge is 1.00 e. The van der Waals surface area contributed by atoms with E-state index in [4.69, 9.17) is 0 Å². The molecule has 2 aliphatic carbocycles. The average Bonchev–Trinajstić information content (AvgIpc) is 3.42. The molecule has 0 saturated heterocycles. The Hall–Kier alpha value is -1.53. The second-order valence-electron chi connectivity index (χ2n) is 10.9. The first kappa shape index (κ1) is 29.0. The summed E-state index contributed by atoms with van der Waals surface area (Å²) >= 11 is -2.41. The number of hydrogen-bond donors (Lipinski definition) is 0. The third-order valence-electron chi connectivity index (χ3n) is 7.55. The van der Waals surface area contributed by atoms with Gasteiger partial charge in [-0.25, -0.2) is 0 Å². The Kier molecular flexibility index (Phi) is 9.59. The van der Waals surface area contributed by atoms with Crippen LogP contribution in [0.15, 0.2) is 93.8 Å². The van der Waals surface area contributed by atoms with Gasteiger partial charge in [0.25, 0.3) is 0 Å². The maximum Gasteiger partial charge on any atom is -1.00 e. The zero-order valence-corrected chi connectivity index (χ0v) is 26.0. The fraction of sp³-hybridized carbons (Fsp3) is 0.303. The van der Waals surface area contributed by atoms with Crippen molar-refractivity contribution in [2.75, 3.05) is 0 Å². The molecule has 3 aromatic rings. The van der Waals surface area contributed by atoms with Gasteiger partial charge in [-0.2, -0.15) is 0 Å². The molecule has 0 heterocycles. The summed E-state index contributed by atoms with van der Waals surface area (Å²) in [5, 5.41) is 0. The van der Waals surface area contributed by atoms with Gasteiger partial charge in [0.2, 0.25) is 0 Å². The molecule has 2 aliphatic rings. The van der Waals surface area contributed by atoms with Crippen LogP contribution in [0.2, 0.25) is 0 Å². The molecule has 0 bridgehead atoms. The molecule has 1 atom stereocenters. The fourth-order valence-electron chi connectivity index (χ4n) is 5.70. The molecule has 0 aromatic heterocycles. The van der Waals surface area contributed by atoms with E-state index >= 15 is 0 Å². The van der Waals surface area contributed by atoms with Crippen LogP contribution in [0.3, 0.4) is 0 Å². The van der Waals surface area contributed by atoms with Crippen LogP contribution in [0.1, 0.15) is 64.2 Å². The fourth-order valence-corrected chi connectivity index (χ4v) is 13.8. The summed E-state index contributed by atoms with van der Waals surface area (Å²) in [7, 11) is 0. The van der Waals surface area contributed by atoms with Crippen molar-refractivity contribution in [2.45, 2.75) is 53.9 Å². The normalized spacial score (nSPS) is 16.1. The second-order valence-corrected chi connectivity index (χ2v) is 17.3. The molecule has 0 nitrogen and oxygen atoms in total. The molecular formula is C33H36Cl2Zr. The van der Waals surface area contributed by atoms with E-state index in [-0.39, 0.29) is 30.2 Å². The minimum absolute atomic E-state index is 0. The van der Waals surface area contributed by atoms with E-state index < -0.39 is 21.3 Å². The van der Waals surface area contributed by atoms with Crippen molar-refractivity contribution < 1.29 is 46.1 Å². The summed E-state index contributed by atoms with van der Waals surface area (Å²) in [5.74, 6) is 0.590. The van der Waals surface area contributed by atoms with E-state index in [0.717, 1.165) is 6.42 Å². The molecule has 36 heavy (non-hydrogen) atoms. The number of hydrogen-bond acceptors (Lipinski definition) is 0. The van der Waals surface area contributed by atoms with Crippen LogP contribution < -0.4 is 28.1 Å². The first-order valence-electron chi connectivity index (χ1n) is 12.8. The maximum atomic E-state index is 2.64. The Labute approximate surface area is 237 Å². The topological polar surface area (TPSA) is 0 Å². The van der Waals surface area contributed by atoms with Gasteiger partial charge in [0, 0.05) is 0 Å². The van der Waals surface area contributed by atoms with Crippen molar-refractivity contribution in [1.82, 2.24) is 0 Å². The molecule has 186 valence electrons. The average molecular weight is 595 g/mol. The predicted molar refractivity (Wildman–Crippen MR) is 145 cm³/mol. The SMILES string of the molecule is CCCC1C=C(C(C)(C)C)C=[C]1/[Zr+2](=[C](\C)c1ccccc1)[c]1cccc2c1Cc1ccccc1-2.[Cl-].[Cl-]. The van der Waals surface area contributed by atoms with Crippen LogP contribution in [0, 0.1) is 11.3 Å². The van der Waals surface area contributed by atoms with E-state index in [1.54, 1.807) is 15.3 Å². The molecule has 3 aromatic carbocycles. The van der Waals surface area contributed by atoms with Crippen LogP contribution in [0.5, 0.6) is 0 Å². The van der Waals surface area contributed by atoms with Gasteiger partial charge in [-0.1, -0.05) is 0 Å². The Morgan fingerprint density at radius 1 is 0.861 bits per heavy atom.